The number of nitrogens with zero attached hydrogens (tertiary/aromatic N) is 3. The first-order chi connectivity index (χ1) is 13.1. The van der Waals surface area contributed by atoms with Gasteiger partial charge in [-0.1, -0.05) is 24.8 Å². The summed E-state index contributed by atoms with van der Waals surface area (Å²) in [6.45, 7) is 4.55. The summed E-state index contributed by atoms with van der Waals surface area (Å²) in [4.78, 5) is 32.7. The molecule has 2 N–H and O–H groups in total. The molecule has 0 radical (unpaired) electrons. The number of thioether (sulfide) groups is 1. The largest absolute Gasteiger partial charge is 0.326 e. The Hall–Kier alpha value is -2.87. The number of anilines is 2. The highest BCUT2D eigenvalue weighted by molar-refractivity contribution is 7.99. The molecule has 7 nitrogen and oxygen atoms in total. The predicted molar refractivity (Wildman–Crippen MR) is 108 cm³/mol. The molecule has 2 amide bonds. The zero-order valence-corrected chi connectivity index (χ0v) is 16.0. The zero-order valence-electron chi connectivity index (χ0n) is 15.2. The van der Waals surface area contributed by atoms with Crippen molar-refractivity contribution >= 4 is 46.1 Å². The van der Waals surface area contributed by atoms with Crippen LogP contribution >= 0.6 is 11.8 Å². The Bertz CT molecular complexity index is 970. The minimum Gasteiger partial charge on any atom is -0.326 e. The summed E-state index contributed by atoms with van der Waals surface area (Å²) in [5, 5.41) is 6.40. The number of aryl methyl sites for hydroxylation is 1. The first-order valence-corrected chi connectivity index (χ1v) is 9.73. The fourth-order valence-corrected chi connectivity index (χ4v) is 3.45. The van der Waals surface area contributed by atoms with Gasteiger partial charge in [-0.25, -0.2) is 9.97 Å². The van der Waals surface area contributed by atoms with Crippen molar-refractivity contribution < 1.29 is 9.59 Å². The molecule has 3 rings (SSSR count). The molecular weight excluding hydrogens is 362 g/mol. The average molecular weight is 383 g/mol. The number of rotatable bonds is 7. The highest BCUT2D eigenvalue weighted by atomic mass is 32.2. The van der Waals surface area contributed by atoms with E-state index in [1.54, 1.807) is 37.4 Å². The standard InChI is InChI=1S/C19H21N5O2S/c1-3-16(25)21-13-7-5-8-14(11-13)22-17(26)12-27-19-23-15-9-6-10-20-18(15)24(19)4-2/h5-11H,3-4,12H2,1-2H3,(H,21,25)(H,22,26). The maximum absolute atomic E-state index is 12.3. The second kappa shape index (κ2) is 8.68. The number of pyridine rings is 1. The van der Waals surface area contributed by atoms with Crippen LogP contribution in [0, 0.1) is 0 Å². The van der Waals surface area contributed by atoms with E-state index >= 15 is 0 Å². The molecule has 8 heteroatoms. The van der Waals surface area contributed by atoms with Crippen LogP contribution < -0.4 is 10.6 Å². The smallest absolute Gasteiger partial charge is 0.234 e. The minimum absolute atomic E-state index is 0.0684. The zero-order chi connectivity index (χ0) is 19.2. The Labute approximate surface area is 161 Å². The van der Waals surface area contributed by atoms with Gasteiger partial charge in [0.2, 0.25) is 11.8 Å². The molecule has 0 unspecified atom stereocenters. The lowest BCUT2D eigenvalue weighted by Gasteiger charge is -2.09. The van der Waals surface area contributed by atoms with Crippen LogP contribution in [-0.4, -0.2) is 32.1 Å². The van der Waals surface area contributed by atoms with Gasteiger partial charge in [0.15, 0.2) is 10.8 Å². The van der Waals surface area contributed by atoms with Crippen molar-refractivity contribution in [2.75, 3.05) is 16.4 Å². The highest BCUT2D eigenvalue weighted by Crippen LogP contribution is 2.23. The van der Waals surface area contributed by atoms with Crippen LogP contribution in [0.3, 0.4) is 0 Å². The summed E-state index contributed by atoms with van der Waals surface area (Å²) in [6.07, 6.45) is 2.14. The summed E-state index contributed by atoms with van der Waals surface area (Å²) in [5.41, 5.74) is 2.94. The number of aromatic nitrogens is 3. The van der Waals surface area contributed by atoms with Gasteiger partial charge in [0, 0.05) is 30.5 Å². The summed E-state index contributed by atoms with van der Waals surface area (Å²) in [7, 11) is 0. The fraction of sp³-hybridized carbons (Fsp3) is 0.263. The number of carbonyl (C=O) groups excluding carboxylic acids is 2. The predicted octanol–water partition coefficient (Wildman–Crippen LogP) is 3.53. The molecule has 0 spiro atoms. The number of hydrogen-bond donors (Lipinski definition) is 2. The summed E-state index contributed by atoms with van der Waals surface area (Å²) >= 11 is 1.37. The van der Waals surface area contributed by atoms with Gasteiger partial charge in [-0.3, -0.25) is 9.59 Å². The van der Waals surface area contributed by atoms with Crippen molar-refractivity contribution in [1.29, 1.82) is 0 Å². The fourth-order valence-electron chi connectivity index (χ4n) is 2.58. The molecule has 0 atom stereocenters. The Morgan fingerprint density at radius 3 is 2.52 bits per heavy atom. The first-order valence-electron chi connectivity index (χ1n) is 8.74. The lowest BCUT2D eigenvalue weighted by molar-refractivity contribution is -0.116. The maximum Gasteiger partial charge on any atom is 0.234 e. The number of fused-ring (bicyclic) bond motifs is 1. The molecule has 2 aromatic heterocycles. The van der Waals surface area contributed by atoms with E-state index in [1.165, 1.54) is 11.8 Å². The third kappa shape index (κ3) is 4.65. The number of hydrogen-bond acceptors (Lipinski definition) is 5. The number of nitrogens with one attached hydrogen (secondary N) is 2. The number of imidazole rings is 1. The normalized spacial score (nSPS) is 10.7. The highest BCUT2D eigenvalue weighted by Gasteiger charge is 2.13. The number of amides is 2. The van der Waals surface area contributed by atoms with E-state index in [1.807, 2.05) is 23.6 Å². The van der Waals surface area contributed by atoms with Crippen LogP contribution in [0.1, 0.15) is 20.3 Å². The maximum atomic E-state index is 12.3. The third-order valence-corrected chi connectivity index (χ3v) is 4.84. The van der Waals surface area contributed by atoms with Gasteiger partial charge in [0.25, 0.3) is 0 Å². The Morgan fingerprint density at radius 1 is 1.07 bits per heavy atom. The molecule has 0 aliphatic rings. The molecule has 0 saturated carbocycles. The molecule has 1 aromatic carbocycles. The SMILES string of the molecule is CCC(=O)Nc1cccc(NC(=O)CSc2nc3cccnc3n2CC)c1. The van der Waals surface area contributed by atoms with Crippen LogP contribution in [0.25, 0.3) is 11.2 Å². The van der Waals surface area contributed by atoms with Gasteiger partial charge in [0.1, 0.15) is 5.52 Å². The van der Waals surface area contributed by atoms with Crippen LogP contribution in [0.5, 0.6) is 0 Å². The monoisotopic (exact) mass is 383 g/mol. The molecule has 2 heterocycles. The van der Waals surface area contributed by atoms with E-state index in [0.717, 1.165) is 22.9 Å². The van der Waals surface area contributed by atoms with Crippen LogP contribution in [0.15, 0.2) is 47.8 Å². The quantitative estimate of drug-likeness (QED) is 0.609. The Kier molecular flexibility index (Phi) is 6.08. The van der Waals surface area contributed by atoms with Gasteiger partial charge in [-0.15, -0.1) is 0 Å². The molecular formula is C19H21N5O2S. The van der Waals surface area contributed by atoms with E-state index in [2.05, 4.69) is 20.6 Å². The summed E-state index contributed by atoms with van der Waals surface area (Å²) in [5.74, 6) is 0.0252. The molecule has 0 fully saturated rings. The van der Waals surface area contributed by atoms with Crippen molar-refractivity contribution in [3.8, 4) is 0 Å². The van der Waals surface area contributed by atoms with Crippen LogP contribution in [-0.2, 0) is 16.1 Å². The van der Waals surface area contributed by atoms with Crippen molar-refractivity contribution in [2.24, 2.45) is 0 Å². The first kappa shape index (κ1) is 18.9. The topological polar surface area (TPSA) is 88.9 Å². The summed E-state index contributed by atoms with van der Waals surface area (Å²) in [6, 6.07) is 10.9. The molecule has 3 aromatic rings. The average Bonchev–Trinajstić information content (AvgIpc) is 3.04. The molecule has 0 aliphatic carbocycles. The lowest BCUT2D eigenvalue weighted by Crippen LogP contribution is -2.15. The number of benzene rings is 1. The van der Waals surface area contributed by atoms with E-state index in [4.69, 9.17) is 0 Å². The molecule has 27 heavy (non-hydrogen) atoms. The van der Waals surface area contributed by atoms with Crippen molar-refractivity contribution in [1.82, 2.24) is 14.5 Å². The Morgan fingerprint density at radius 2 is 1.81 bits per heavy atom. The second-order valence-electron chi connectivity index (χ2n) is 5.80. The van der Waals surface area contributed by atoms with Gasteiger partial charge < -0.3 is 15.2 Å². The van der Waals surface area contributed by atoms with E-state index in [-0.39, 0.29) is 17.6 Å². The number of carbonyl (C=O) groups is 2. The van der Waals surface area contributed by atoms with Crippen molar-refractivity contribution in [2.45, 2.75) is 32.0 Å². The van der Waals surface area contributed by atoms with E-state index in [0.29, 0.717) is 17.8 Å². The van der Waals surface area contributed by atoms with Crippen molar-refractivity contribution in [3.63, 3.8) is 0 Å². The van der Waals surface area contributed by atoms with Crippen molar-refractivity contribution in [3.05, 3.63) is 42.6 Å². The third-order valence-electron chi connectivity index (χ3n) is 3.87. The van der Waals surface area contributed by atoms with Gasteiger partial charge >= 0.3 is 0 Å². The Balaban J connectivity index is 1.63. The van der Waals surface area contributed by atoms with Crippen LogP contribution in [0.4, 0.5) is 11.4 Å². The summed E-state index contributed by atoms with van der Waals surface area (Å²) < 4.78 is 1.99. The lowest BCUT2D eigenvalue weighted by atomic mass is 10.2. The molecule has 0 aliphatic heterocycles. The van der Waals surface area contributed by atoms with Gasteiger partial charge in [-0.05, 0) is 37.3 Å². The second-order valence-corrected chi connectivity index (χ2v) is 6.75. The van der Waals surface area contributed by atoms with Gasteiger partial charge in [-0.2, -0.15) is 0 Å². The molecule has 140 valence electrons. The molecule has 0 saturated heterocycles. The van der Waals surface area contributed by atoms with Gasteiger partial charge in [0.05, 0.1) is 5.75 Å². The van der Waals surface area contributed by atoms with E-state index < -0.39 is 0 Å². The van der Waals surface area contributed by atoms with E-state index in [9.17, 15) is 9.59 Å². The minimum atomic E-state index is -0.137. The molecule has 0 bridgehead atoms. The van der Waals surface area contributed by atoms with Crippen LogP contribution in [0.2, 0.25) is 0 Å².